The summed E-state index contributed by atoms with van der Waals surface area (Å²) >= 11 is 0. The first-order valence-electron chi connectivity index (χ1n) is 4.70. The molecule has 1 rings (SSSR count). The van der Waals surface area contributed by atoms with E-state index in [2.05, 4.69) is 6.58 Å². The Morgan fingerprint density at radius 2 is 2.21 bits per heavy atom. The van der Waals surface area contributed by atoms with Gasteiger partial charge in [-0.2, -0.15) is 0 Å². The first-order chi connectivity index (χ1) is 6.77. The molecule has 3 nitrogen and oxygen atoms in total. The zero-order valence-electron chi connectivity index (χ0n) is 8.35. The third-order valence-electron chi connectivity index (χ3n) is 1.91. The quantitative estimate of drug-likeness (QED) is 0.645. The van der Waals surface area contributed by atoms with Crippen LogP contribution < -0.4 is 0 Å². The molecule has 0 aromatic rings. The van der Waals surface area contributed by atoms with Gasteiger partial charge in [0.25, 0.3) is 0 Å². The normalized spacial score (nSPS) is 15.6. The van der Waals surface area contributed by atoms with Crippen LogP contribution in [0.2, 0.25) is 0 Å². The van der Waals surface area contributed by atoms with E-state index in [0.29, 0.717) is 12.5 Å². The van der Waals surface area contributed by atoms with Crippen LogP contribution in [0.5, 0.6) is 0 Å². The molecule has 0 N–H and O–H groups in total. The summed E-state index contributed by atoms with van der Waals surface area (Å²) in [7, 11) is 0. The van der Waals surface area contributed by atoms with E-state index in [0.717, 1.165) is 6.42 Å². The monoisotopic (exact) mass is 193 g/mol. The van der Waals surface area contributed by atoms with E-state index in [9.17, 15) is 4.79 Å². The van der Waals surface area contributed by atoms with Gasteiger partial charge >= 0.3 is 6.09 Å². The largest absolute Gasteiger partial charge is 0.449 e. The molecular formula is C11H15NO2. The fourth-order valence-electron chi connectivity index (χ4n) is 1.19. The van der Waals surface area contributed by atoms with Gasteiger partial charge in [0.05, 0.1) is 6.61 Å². The van der Waals surface area contributed by atoms with Crippen LogP contribution in [0.25, 0.3) is 0 Å². The fourth-order valence-corrected chi connectivity index (χ4v) is 1.19. The van der Waals surface area contributed by atoms with Crippen LogP contribution in [0.4, 0.5) is 4.79 Å². The first kappa shape index (κ1) is 10.6. The molecule has 0 saturated heterocycles. The van der Waals surface area contributed by atoms with Crippen molar-refractivity contribution in [2.24, 2.45) is 5.92 Å². The van der Waals surface area contributed by atoms with E-state index >= 15 is 0 Å². The van der Waals surface area contributed by atoms with Gasteiger partial charge in [-0.25, -0.2) is 4.79 Å². The first-order valence-corrected chi connectivity index (χ1v) is 4.70. The average Bonchev–Trinajstić information content (AvgIpc) is 2.20. The van der Waals surface area contributed by atoms with E-state index in [-0.39, 0.29) is 6.09 Å². The second-order valence-electron chi connectivity index (χ2n) is 2.98. The molecule has 0 aliphatic carbocycles. The van der Waals surface area contributed by atoms with Gasteiger partial charge in [-0.05, 0) is 13.3 Å². The van der Waals surface area contributed by atoms with Gasteiger partial charge in [0, 0.05) is 18.3 Å². The molecule has 0 bridgehead atoms. The van der Waals surface area contributed by atoms with Gasteiger partial charge in [-0.1, -0.05) is 18.2 Å². The standard InChI is InChI=1S/C11H15NO2/c1-3-5-10-6-8-12(9-7-10)11(13)14-4-2/h3,6-10H,1,4-5H2,2H3. The summed E-state index contributed by atoms with van der Waals surface area (Å²) < 4.78 is 4.84. The zero-order valence-corrected chi connectivity index (χ0v) is 8.35. The Balaban J connectivity index is 2.48. The Morgan fingerprint density at radius 3 is 2.71 bits per heavy atom. The predicted octanol–water partition coefficient (Wildman–Crippen LogP) is 2.68. The van der Waals surface area contributed by atoms with Crippen molar-refractivity contribution in [3.63, 3.8) is 0 Å². The Kier molecular flexibility index (Phi) is 3.98. The maximum Gasteiger partial charge on any atom is 0.417 e. The Morgan fingerprint density at radius 1 is 1.57 bits per heavy atom. The molecule has 0 aromatic heterocycles. The summed E-state index contributed by atoms with van der Waals surface area (Å²) in [4.78, 5) is 12.7. The predicted molar refractivity (Wildman–Crippen MR) is 55.4 cm³/mol. The lowest BCUT2D eigenvalue weighted by Gasteiger charge is -2.18. The number of allylic oxidation sites excluding steroid dienone is 3. The van der Waals surface area contributed by atoms with E-state index in [1.807, 2.05) is 18.2 Å². The molecule has 1 aliphatic heterocycles. The summed E-state index contributed by atoms with van der Waals surface area (Å²) in [6.07, 6.45) is 9.79. The summed E-state index contributed by atoms with van der Waals surface area (Å²) in [5, 5.41) is 0. The maximum atomic E-state index is 11.2. The topological polar surface area (TPSA) is 29.5 Å². The van der Waals surface area contributed by atoms with Crippen LogP contribution in [0.1, 0.15) is 13.3 Å². The van der Waals surface area contributed by atoms with Crippen molar-refractivity contribution in [1.82, 2.24) is 4.90 Å². The highest BCUT2D eigenvalue weighted by atomic mass is 16.5. The molecule has 14 heavy (non-hydrogen) atoms. The number of amides is 1. The van der Waals surface area contributed by atoms with E-state index in [4.69, 9.17) is 4.74 Å². The van der Waals surface area contributed by atoms with E-state index < -0.39 is 0 Å². The molecule has 0 atom stereocenters. The van der Waals surface area contributed by atoms with Gasteiger partial charge in [-0.3, -0.25) is 4.90 Å². The summed E-state index contributed by atoms with van der Waals surface area (Å²) in [6.45, 7) is 5.85. The zero-order chi connectivity index (χ0) is 10.4. The fraction of sp³-hybridized carbons (Fsp3) is 0.364. The van der Waals surface area contributed by atoms with Crippen LogP contribution in [0.3, 0.4) is 0 Å². The molecule has 0 unspecified atom stereocenters. The van der Waals surface area contributed by atoms with Crippen LogP contribution in [-0.2, 0) is 4.74 Å². The Hall–Kier alpha value is -1.51. The molecule has 0 saturated carbocycles. The number of hydrogen-bond donors (Lipinski definition) is 0. The number of nitrogens with zero attached hydrogens (tertiary/aromatic N) is 1. The van der Waals surface area contributed by atoms with Crippen molar-refractivity contribution in [2.75, 3.05) is 6.61 Å². The summed E-state index contributed by atoms with van der Waals surface area (Å²) in [5.74, 6) is 0.346. The third-order valence-corrected chi connectivity index (χ3v) is 1.91. The van der Waals surface area contributed by atoms with Gasteiger partial charge in [0.2, 0.25) is 0 Å². The SMILES string of the molecule is C=CCC1C=CN(C(=O)OCC)C=C1. The lowest BCUT2D eigenvalue weighted by atomic mass is 10.0. The molecule has 1 heterocycles. The van der Waals surface area contributed by atoms with E-state index in [1.165, 1.54) is 4.90 Å². The number of carbonyl (C=O) groups is 1. The molecule has 76 valence electrons. The minimum atomic E-state index is -0.336. The minimum absolute atomic E-state index is 0.336. The Bertz CT molecular complexity index is 254. The number of ether oxygens (including phenoxy) is 1. The van der Waals surface area contributed by atoms with Crippen molar-refractivity contribution in [3.05, 3.63) is 37.2 Å². The van der Waals surface area contributed by atoms with Crippen LogP contribution >= 0.6 is 0 Å². The highest BCUT2D eigenvalue weighted by Crippen LogP contribution is 2.14. The van der Waals surface area contributed by atoms with Crippen molar-refractivity contribution < 1.29 is 9.53 Å². The van der Waals surface area contributed by atoms with Crippen LogP contribution in [0.15, 0.2) is 37.2 Å². The lowest BCUT2D eigenvalue weighted by Crippen LogP contribution is -2.23. The molecular weight excluding hydrogens is 178 g/mol. The van der Waals surface area contributed by atoms with Crippen molar-refractivity contribution in [3.8, 4) is 0 Å². The Labute approximate surface area is 84.3 Å². The van der Waals surface area contributed by atoms with Crippen molar-refractivity contribution >= 4 is 6.09 Å². The minimum Gasteiger partial charge on any atom is -0.449 e. The van der Waals surface area contributed by atoms with Gasteiger partial charge < -0.3 is 4.74 Å². The third kappa shape index (κ3) is 2.76. The molecule has 0 spiro atoms. The molecule has 3 heteroatoms. The number of hydrogen-bond acceptors (Lipinski definition) is 2. The highest BCUT2D eigenvalue weighted by molar-refractivity contribution is 5.70. The second-order valence-corrected chi connectivity index (χ2v) is 2.98. The van der Waals surface area contributed by atoms with Crippen molar-refractivity contribution in [1.29, 1.82) is 0 Å². The second kappa shape index (κ2) is 5.27. The summed E-state index contributed by atoms with van der Waals surface area (Å²) in [6, 6.07) is 0. The maximum absolute atomic E-state index is 11.2. The molecule has 1 aliphatic rings. The van der Waals surface area contributed by atoms with Crippen LogP contribution in [0, 0.1) is 5.92 Å². The molecule has 0 aromatic carbocycles. The highest BCUT2D eigenvalue weighted by Gasteiger charge is 2.12. The average molecular weight is 193 g/mol. The number of carbonyl (C=O) groups excluding carboxylic acids is 1. The molecule has 1 amide bonds. The summed E-state index contributed by atoms with van der Waals surface area (Å²) in [5.41, 5.74) is 0. The van der Waals surface area contributed by atoms with Crippen molar-refractivity contribution in [2.45, 2.75) is 13.3 Å². The van der Waals surface area contributed by atoms with Crippen LogP contribution in [-0.4, -0.2) is 17.6 Å². The smallest absolute Gasteiger partial charge is 0.417 e. The van der Waals surface area contributed by atoms with E-state index in [1.54, 1.807) is 19.3 Å². The lowest BCUT2D eigenvalue weighted by molar-refractivity contribution is 0.133. The van der Waals surface area contributed by atoms with Gasteiger partial charge in [-0.15, -0.1) is 6.58 Å². The van der Waals surface area contributed by atoms with Gasteiger partial charge in [0.15, 0.2) is 0 Å². The van der Waals surface area contributed by atoms with Gasteiger partial charge in [0.1, 0.15) is 0 Å². The number of rotatable bonds is 3. The molecule has 0 radical (unpaired) electrons. The molecule has 0 fully saturated rings.